The van der Waals surface area contributed by atoms with Crippen LogP contribution in [0.3, 0.4) is 0 Å². The maximum absolute atomic E-state index is 13.4. The van der Waals surface area contributed by atoms with Crippen molar-refractivity contribution in [2.24, 2.45) is 17.6 Å². The SMILES string of the molecule is CCCCN1C(=O)[C@@H]2[C@H](CC(N)=O)[NH2+][C@@]3(C(=O)Nc4c3ccc(C)c4C)[C@@H]2C1=O. The number of primary amides is 1. The van der Waals surface area contributed by atoms with Crippen molar-refractivity contribution in [2.75, 3.05) is 11.9 Å². The number of hydrogen-bond donors (Lipinski definition) is 3. The van der Waals surface area contributed by atoms with Crippen LogP contribution in [0.15, 0.2) is 12.1 Å². The molecule has 29 heavy (non-hydrogen) atoms. The number of quaternary nitrogens is 1. The van der Waals surface area contributed by atoms with Crippen LogP contribution in [0, 0.1) is 25.7 Å². The molecule has 4 atom stereocenters. The Morgan fingerprint density at radius 1 is 1.24 bits per heavy atom. The minimum atomic E-state index is -1.24. The molecule has 2 fully saturated rings. The summed E-state index contributed by atoms with van der Waals surface area (Å²) < 4.78 is 0. The number of imide groups is 1. The summed E-state index contributed by atoms with van der Waals surface area (Å²) >= 11 is 0. The van der Waals surface area contributed by atoms with E-state index in [1.807, 2.05) is 32.9 Å². The van der Waals surface area contributed by atoms with Gasteiger partial charge in [-0.25, -0.2) is 0 Å². The van der Waals surface area contributed by atoms with Crippen molar-refractivity contribution in [3.05, 3.63) is 28.8 Å². The number of fused-ring (bicyclic) bond motifs is 4. The number of nitrogens with one attached hydrogen (secondary N) is 1. The summed E-state index contributed by atoms with van der Waals surface area (Å²) in [6.45, 7) is 6.21. The van der Waals surface area contributed by atoms with E-state index in [9.17, 15) is 19.2 Å². The first-order chi connectivity index (χ1) is 13.7. The van der Waals surface area contributed by atoms with Gasteiger partial charge in [0.1, 0.15) is 17.9 Å². The number of unbranched alkanes of at least 4 members (excludes halogenated alkanes) is 1. The van der Waals surface area contributed by atoms with Crippen molar-refractivity contribution >= 4 is 29.3 Å². The van der Waals surface area contributed by atoms with Gasteiger partial charge >= 0.3 is 0 Å². The zero-order valence-corrected chi connectivity index (χ0v) is 17.0. The van der Waals surface area contributed by atoms with E-state index in [2.05, 4.69) is 5.32 Å². The summed E-state index contributed by atoms with van der Waals surface area (Å²) in [4.78, 5) is 52.9. The van der Waals surface area contributed by atoms with E-state index in [0.717, 1.165) is 17.5 Å². The number of nitrogens with zero attached hydrogens (tertiary/aromatic N) is 1. The highest BCUT2D eigenvalue weighted by atomic mass is 16.2. The fraction of sp³-hybridized carbons (Fsp3) is 0.524. The second-order valence-corrected chi connectivity index (χ2v) is 8.44. The molecular formula is C21H27N4O4+. The van der Waals surface area contributed by atoms with Gasteiger partial charge in [-0.15, -0.1) is 0 Å². The number of carbonyl (C=O) groups is 4. The van der Waals surface area contributed by atoms with Gasteiger partial charge in [0, 0.05) is 12.1 Å². The lowest BCUT2D eigenvalue weighted by Crippen LogP contribution is -2.99. The number of likely N-dealkylation sites (tertiary alicyclic amines) is 1. The van der Waals surface area contributed by atoms with E-state index in [0.29, 0.717) is 24.2 Å². The normalized spacial score (nSPS) is 30.1. The molecule has 8 nitrogen and oxygen atoms in total. The molecule has 3 heterocycles. The van der Waals surface area contributed by atoms with Gasteiger partial charge in [-0.3, -0.25) is 24.1 Å². The number of amides is 4. The molecule has 0 saturated carbocycles. The number of nitrogens with two attached hydrogens (primary N) is 2. The number of aryl methyl sites for hydroxylation is 1. The van der Waals surface area contributed by atoms with Crippen LogP contribution in [0.2, 0.25) is 0 Å². The Labute approximate surface area is 169 Å². The van der Waals surface area contributed by atoms with Crippen LogP contribution in [0.25, 0.3) is 0 Å². The topological polar surface area (TPSA) is 126 Å². The van der Waals surface area contributed by atoms with Gasteiger partial charge in [0.15, 0.2) is 0 Å². The smallest absolute Gasteiger partial charge is 0.291 e. The zero-order valence-electron chi connectivity index (χ0n) is 17.0. The second kappa shape index (κ2) is 6.66. The van der Waals surface area contributed by atoms with Crippen molar-refractivity contribution in [3.63, 3.8) is 0 Å². The maximum atomic E-state index is 13.4. The molecule has 4 amide bonds. The van der Waals surface area contributed by atoms with Crippen molar-refractivity contribution < 1.29 is 24.5 Å². The molecule has 0 unspecified atom stereocenters. The Hall–Kier alpha value is -2.74. The molecule has 4 rings (SSSR count). The molecule has 3 aliphatic rings. The Morgan fingerprint density at radius 3 is 2.62 bits per heavy atom. The molecule has 1 spiro atoms. The van der Waals surface area contributed by atoms with Gasteiger partial charge < -0.3 is 16.4 Å². The predicted octanol–water partition coefficient (Wildman–Crippen LogP) is -0.327. The van der Waals surface area contributed by atoms with E-state index in [-0.39, 0.29) is 24.1 Å². The number of anilines is 1. The van der Waals surface area contributed by atoms with Crippen LogP contribution in [0.1, 0.15) is 42.9 Å². The van der Waals surface area contributed by atoms with Crippen LogP contribution in [0.5, 0.6) is 0 Å². The molecule has 2 saturated heterocycles. The standard InChI is InChI=1S/C21H26N4O4/c1-4-5-8-25-18(27)15-13(9-14(22)26)24-21(16(15)19(25)28)12-7-6-10(2)11(3)17(12)23-20(21)29/h6-7,13,15-16,24H,4-5,8-9H2,1-3H3,(H2,22,26)(H,23,29)/p+1/t13-,15+,16-,21+/m0/s1. The first-order valence-corrected chi connectivity index (χ1v) is 10.2. The molecule has 1 aromatic rings. The van der Waals surface area contributed by atoms with E-state index in [4.69, 9.17) is 5.73 Å². The van der Waals surface area contributed by atoms with E-state index in [1.165, 1.54) is 4.90 Å². The van der Waals surface area contributed by atoms with E-state index in [1.54, 1.807) is 5.32 Å². The molecule has 154 valence electrons. The quantitative estimate of drug-likeness (QED) is 0.586. The fourth-order valence-corrected chi connectivity index (χ4v) is 5.30. The lowest BCUT2D eigenvalue weighted by Gasteiger charge is -2.26. The summed E-state index contributed by atoms with van der Waals surface area (Å²) in [5, 5.41) is 4.70. The Morgan fingerprint density at radius 2 is 1.97 bits per heavy atom. The van der Waals surface area contributed by atoms with Crippen LogP contribution in [-0.4, -0.2) is 41.1 Å². The third-order valence-corrected chi connectivity index (χ3v) is 6.84. The first kappa shape index (κ1) is 19.6. The number of rotatable bonds is 5. The summed E-state index contributed by atoms with van der Waals surface area (Å²) in [5.74, 6) is -3.03. The largest absolute Gasteiger partial charge is 0.369 e. The maximum Gasteiger partial charge on any atom is 0.291 e. The minimum absolute atomic E-state index is 0.0585. The molecular weight excluding hydrogens is 372 g/mol. The lowest BCUT2D eigenvalue weighted by atomic mass is 9.76. The Bertz CT molecular complexity index is 943. The second-order valence-electron chi connectivity index (χ2n) is 8.44. The van der Waals surface area contributed by atoms with Crippen molar-refractivity contribution in [2.45, 2.75) is 51.6 Å². The molecule has 8 heteroatoms. The van der Waals surface area contributed by atoms with Crippen LogP contribution >= 0.6 is 0 Å². The third kappa shape index (κ3) is 2.55. The minimum Gasteiger partial charge on any atom is -0.369 e. The van der Waals surface area contributed by atoms with Gasteiger partial charge in [0.05, 0.1) is 12.1 Å². The summed E-state index contributed by atoms with van der Waals surface area (Å²) in [6, 6.07) is 3.25. The van der Waals surface area contributed by atoms with E-state index < -0.39 is 29.3 Å². The van der Waals surface area contributed by atoms with Gasteiger partial charge in [-0.1, -0.05) is 19.4 Å². The zero-order chi connectivity index (χ0) is 21.1. The molecule has 0 radical (unpaired) electrons. The molecule has 0 aromatic heterocycles. The van der Waals surface area contributed by atoms with Gasteiger partial charge in [-0.2, -0.15) is 0 Å². The van der Waals surface area contributed by atoms with E-state index >= 15 is 0 Å². The third-order valence-electron chi connectivity index (χ3n) is 6.84. The van der Waals surface area contributed by atoms with Gasteiger partial charge in [-0.05, 0) is 37.5 Å². The predicted molar refractivity (Wildman–Crippen MR) is 104 cm³/mol. The van der Waals surface area contributed by atoms with Crippen LogP contribution in [-0.2, 0) is 24.7 Å². The highest BCUT2D eigenvalue weighted by Gasteiger charge is 2.74. The highest BCUT2D eigenvalue weighted by molar-refractivity contribution is 6.14. The molecule has 0 aliphatic carbocycles. The number of hydrogen-bond acceptors (Lipinski definition) is 4. The lowest BCUT2D eigenvalue weighted by molar-refractivity contribution is -0.732. The summed E-state index contributed by atoms with van der Waals surface area (Å²) in [6.07, 6.45) is 1.49. The monoisotopic (exact) mass is 399 g/mol. The van der Waals surface area contributed by atoms with Crippen LogP contribution < -0.4 is 16.4 Å². The molecule has 0 bridgehead atoms. The summed E-state index contributed by atoms with van der Waals surface area (Å²) in [5.41, 5.74) is 7.59. The van der Waals surface area contributed by atoms with Crippen molar-refractivity contribution in [3.8, 4) is 0 Å². The number of carbonyl (C=O) groups excluding carboxylic acids is 4. The summed E-state index contributed by atoms with van der Waals surface area (Å²) in [7, 11) is 0. The fourth-order valence-electron chi connectivity index (χ4n) is 5.30. The number of benzene rings is 1. The Kier molecular flexibility index (Phi) is 4.49. The first-order valence-electron chi connectivity index (χ1n) is 10.2. The van der Waals surface area contributed by atoms with Gasteiger partial charge in [0.2, 0.25) is 23.3 Å². The average molecular weight is 399 g/mol. The van der Waals surface area contributed by atoms with Gasteiger partial charge in [0.25, 0.3) is 5.91 Å². The van der Waals surface area contributed by atoms with Crippen LogP contribution in [0.4, 0.5) is 5.69 Å². The van der Waals surface area contributed by atoms with Crippen molar-refractivity contribution in [1.29, 1.82) is 0 Å². The molecule has 3 aliphatic heterocycles. The molecule has 1 aromatic carbocycles. The molecule has 5 N–H and O–H groups in total. The highest BCUT2D eigenvalue weighted by Crippen LogP contribution is 2.50. The van der Waals surface area contributed by atoms with Crippen molar-refractivity contribution in [1.82, 2.24) is 4.90 Å². The Balaban J connectivity index is 1.86. The average Bonchev–Trinajstić information content (AvgIpc) is 3.22.